The zero-order valence-corrected chi connectivity index (χ0v) is 20.9. The number of rotatable bonds is 5. The quantitative estimate of drug-likeness (QED) is 0.532. The number of anilines is 1. The summed E-state index contributed by atoms with van der Waals surface area (Å²) < 4.78 is 33.1. The summed E-state index contributed by atoms with van der Waals surface area (Å²) in [6, 6.07) is 7.91. The smallest absolute Gasteiger partial charge is 0.410 e. The van der Waals surface area contributed by atoms with Crippen LogP contribution in [-0.2, 0) is 9.57 Å². The minimum Gasteiger partial charge on any atom is -0.503 e. The number of phenolic OH excluding ortho intramolecular Hbond substituents is 1. The summed E-state index contributed by atoms with van der Waals surface area (Å²) in [5.41, 5.74) is 4.84. The molecule has 2 heterocycles. The number of amides is 1. The molecule has 1 fully saturated rings. The third-order valence-corrected chi connectivity index (χ3v) is 6.23. The van der Waals surface area contributed by atoms with E-state index in [1.54, 1.807) is 4.90 Å². The number of hydrogen-bond donors (Lipinski definition) is 3. The van der Waals surface area contributed by atoms with Crippen molar-refractivity contribution in [1.82, 2.24) is 10.4 Å². The second-order valence-electron chi connectivity index (χ2n) is 10.2. The molecule has 0 aromatic heterocycles. The van der Waals surface area contributed by atoms with Crippen LogP contribution in [0.25, 0.3) is 0 Å². The van der Waals surface area contributed by atoms with Gasteiger partial charge in [-0.05, 0) is 70.2 Å². The second kappa shape index (κ2) is 10.3. The molecule has 36 heavy (non-hydrogen) atoms. The number of benzene rings is 2. The molecule has 2 aliphatic heterocycles. The van der Waals surface area contributed by atoms with Crippen LogP contribution < -0.4 is 10.8 Å². The normalized spacial score (nSPS) is 18.6. The van der Waals surface area contributed by atoms with Crippen molar-refractivity contribution in [3.05, 3.63) is 58.7 Å². The van der Waals surface area contributed by atoms with Crippen molar-refractivity contribution in [2.75, 3.05) is 25.0 Å². The number of hydrogen-bond acceptors (Lipinski definition) is 7. The molecule has 0 saturated carbocycles. The van der Waals surface area contributed by atoms with E-state index in [9.17, 15) is 18.7 Å². The van der Waals surface area contributed by atoms with Gasteiger partial charge in [0.2, 0.25) is 6.23 Å². The highest BCUT2D eigenvalue weighted by Crippen LogP contribution is 2.32. The molecule has 1 unspecified atom stereocenters. The molecular formula is C26H32F2N4O4. The van der Waals surface area contributed by atoms with Crippen molar-refractivity contribution >= 4 is 17.6 Å². The van der Waals surface area contributed by atoms with Crippen molar-refractivity contribution in [3.8, 4) is 5.75 Å². The highest BCUT2D eigenvalue weighted by atomic mass is 19.1. The standard InChI is InChI=1S/C26H32F2N4O4/c1-15-5-6-17(23-30-24(36-31-23)18-7-8-19(27)22(33)21(18)28)13-20(15)29-14-16-9-11-32(12-10-16)25(34)35-26(2,3)4/h5-8,13,16,24,29,33H,9-12,14H2,1-4H3,(H,30,31). The molecule has 0 bridgehead atoms. The van der Waals surface area contributed by atoms with E-state index in [4.69, 9.17) is 9.57 Å². The van der Waals surface area contributed by atoms with Crippen LogP contribution in [0.3, 0.4) is 0 Å². The summed E-state index contributed by atoms with van der Waals surface area (Å²) in [7, 11) is 0. The van der Waals surface area contributed by atoms with Gasteiger partial charge in [-0.25, -0.2) is 28.9 Å². The van der Waals surface area contributed by atoms with Gasteiger partial charge in [0.15, 0.2) is 23.2 Å². The van der Waals surface area contributed by atoms with Crippen LogP contribution in [-0.4, -0.2) is 47.2 Å². The first-order valence-corrected chi connectivity index (χ1v) is 12.0. The van der Waals surface area contributed by atoms with Gasteiger partial charge >= 0.3 is 6.09 Å². The number of hydroxylamine groups is 1. The third-order valence-electron chi connectivity index (χ3n) is 6.23. The maximum Gasteiger partial charge on any atom is 0.410 e. The number of phenols is 1. The van der Waals surface area contributed by atoms with Gasteiger partial charge < -0.3 is 20.1 Å². The number of nitrogens with one attached hydrogen (secondary N) is 2. The zero-order valence-electron chi connectivity index (χ0n) is 20.9. The average Bonchev–Trinajstić information content (AvgIpc) is 3.31. The Morgan fingerprint density at radius 2 is 1.97 bits per heavy atom. The molecule has 2 aromatic carbocycles. The van der Waals surface area contributed by atoms with E-state index in [2.05, 4.69) is 15.8 Å². The Kier molecular flexibility index (Phi) is 7.35. The minimum atomic E-state index is -1.10. The molecule has 3 N–H and O–H groups in total. The highest BCUT2D eigenvalue weighted by Gasteiger charge is 2.28. The first-order chi connectivity index (χ1) is 17.0. The average molecular weight is 503 g/mol. The van der Waals surface area contributed by atoms with Crippen molar-refractivity contribution in [2.24, 2.45) is 10.9 Å². The number of carbonyl (C=O) groups excluding carboxylic acids is 1. The molecular weight excluding hydrogens is 470 g/mol. The van der Waals surface area contributed by atoms with E-state index in [0.717, 1.165) is 42.3 Å². The van der Waals surface area contributed by atoms with Crippen LogP contribution in [0.4, 0.5) is 19.3 Å². The fourth-order valence-corrected chi connectivity index (χ4v) is 4.16. The van der Waals surface area contributed by atoms with Gasteiger partial charge in [-0.15, -0.1) is 0 Å². The number of aryl methyl sites for hydroxylation is 1. The number of amidine groups is 1. The van der Waals surface area contributed by atoms with Gasteiger partial charge in [0.05, 0.1) is 0 Å². The summed E-state index contributed by atoms with van der Waals surface area (Å²) in [6.45, 7) is 9.67. The lowest BCUT2D eigenvalue weighted by atomic mass is 9.96. The number of nitrogens with zero attached hydrogens (tertiary/aromatic N) is 2. The molecule has 194 valence electrons. The summed E-state index contributed by atoms with van der Waals surface area (Å²) in [5, 5.41) is 13.0. The van der Waals surface area contributed by atoms with Crippen molar-refractivity contribution in [2.45, 2.75) is 52.4 Å². The number of carbonyl (C=O) groups is 1. The van der Waals surface area contributed by atoms with Gasteiger partial charge in [-0.3, -0.25) is 0 Å². The molecule has 4 rings (SSSR count). The molecule has 0 spiro atoms. The van der Waals surface area contributed by atoms with Crippen LogP contribution in [0, 0.1) is 24.5 Å². The second-order valence-corrected chi connectivity index (χ2v) is 10.2. The van der Waals surface area contributed by atoms with Crippen molar-refractivity contribution in [1.29, 1.82) is 0 Å². The predicted octanol–water partition coefficient (Wildman–Crippen LogP) is 5.02. The van der Waals surface area contributed by atoms with Crippen LogP contribution in [0.1, 0.15) is 56.5 Å². The fraction of sp³-hybridized carbons (Fsp3) is 0.462. The number of piperidine rings is 1. The Hall–Kier alpha value is -3.40. The molecule has 2 aromatic rings. The molecule has 8 nitrogen and oxygen atoms in total. The summed E-state index contributed by atoms with van der Waals surface area (Å²) in [6.07, 6.45) is 0.438. The Morgan fingerprint density at radius 1 is 1.25 bits per heavy atom. The number of likely N-dealkylation sites (tertiary alicyclic amines) is 1. The Morgan fingerprint density at radius 3 is 2.67 bits per heavy atom. The minimum absolute atomic E-state index is 0.0698. The van der Waals surface area contributed by atoms with Crippen LogP contribution in [0.15, 0.2) is 35.3 Å². The Balaban J connectivity index is 1.37. The van der Waals surface area contributed by atoms with E-state index in [1.165, 1.54) is 6.07 Å². The number of aromatic hydroxyl groups is 1. The fourth-order valence-electron chi connectivity index (χ4n) is 4.16. The van der Waals surface area contributed by atoms with Gasteiger partial charge in [-0.2, -0.15) is 0 Å². The zero-order chi connectivity index (χ0) is 26.0. The van der Waals surface area contributed by atoms with E-state index in [1.807, 2.05) is 45.9 Å². The number of halogens is 2. The lowest BCUT2D eigenvalue weighted by molar-refractivity contribution is 0.0188. The van der Waals surface area contributed by atoms with E-state index in [0.29, 0.717) is 24.8 Å². The van der Waals surface area contributed by atoms with Crippen molar-refractivity contribution < 1.29 is 28.3 Å². The lowest BCUT2D eigenvalue weighted by Crippen LogP contribution is -2.42. The maximum atomic E-state index is 14.3. The monoisotopic (exact) mass is 502 g/mol. The van der Waals surface area contributed by atoms with Crippen molar-refractivity contribution in [3.63, 3.8) is 0 Å². The largest absolute Gasteiger partial charge is 0.503 e. The Bertz CT molecular complexity index is 1160. The van der Waals surface area contributed by atoms with Crippen LogP contribution in [0.5, 0.6) is 5.75 Å². The molecule has 2 aliphatic rings. The van der Waals surface area contributed by atoms with Crippen LogP contribution in [0.2, 0.25) is 0 Å². The first-order valence-electron chi connectivity index (χ1n) is 12.0. The van der Waals surface area contributed by atoms with Crippen LogP contribution >= 0.6 is 0 Å². The molecule has 1 amide bonds. The number of aliphatic imine (C=N–C) groups is 1. The maximum absolute atomic E-state index is 14.3. The molecule has 0 radical (unpaired) electrons. The SMILES string of the molecule is Cc1ccc(C2=NC(c3ccc(F)c(O)c3F)ON2)cc1NCC1CCN(C(=O)OC(C)(C)C)CC1. The predicted molar refractivity (Wildman–Crippen MR) is 132 cm³/mol. The first kappa shape index (κ1) is 25.7. The topological polar surface area (TPSA) is 95.4 Å². The lowest BCUT2D eigenvalue weighted by Gasteiger charge is -2.33. The van der Waals surface area contributed by atoms with E-state index in [-0.39, 0.29) is 11.7 Å². The highest BCUT2D eigenvalue weighted by molar-refractivity contribution is 5.99. The molecule has 1 atom stereocenters. The van der Waals surface area contributed by atoms with Gasteiger partial charge in [0.1, 0.15) is 5.60 Å². The molecule has 1 saturated heterocycles. The Labute approximate surface area is 209 Å². The van der Waals surface area contributed by atoms with Gasteiger partial charge in [0.25, 0.3) is 0 Å². The van der Waals surface area contributed by atoms with E-state index >= 15 is 0 Å². The van der Waals surface area contributed by atoms with Gasteiger partial charge in [-0.1, -0.05) is 12.1 Å². The third kappa shape index (κ3) is 5.87. The van der Waals surface area contributed by atoms with Gasteiger partial charge in [0, 0.05) is 36.4 Å². The molecule has 0 aliphatic carbocycles. The summed E-state index contributed by atoms with van der Waals surface area (Å²) in [5.74, 6) is -2.39. The molecule has 10 heteroatoms. The van der Waals surface area contributed by atoms with E-state index < -0.39 is 29.2 Å². The summed E-state index contributed by atoms with van der Waals surface area (Å²) >= 11 is 0. The number of ether oxygens (including phenoxy) is 1. The summed E-state index contributed by atoms with van der Waals surface area (Å²) in [4.78, 5) is 23.8.